The quantitative estimate of drug-likeness (QED) is 0.711. The SMILES string of the molecule is Cc1ccc(NC(=O)c2cc(Nc3ccccc3Cl)ncn2)cc1C. The number of aryl methyl sites for hydroxylation is 2. The van der Waals surface area contributed by atoms with Crippen LogP contribution in [0.3, 0.4) is 0 Å². The number of rotatable bonds is 4. The first-order chi connectivity index (χ1) is 12.0. The maximum atomic E-state index is 12.4. The third kappa shape index (κ3) is 4.14. The number of carbonyl (C=O) groups excluding carboxylic acids is 1. The lowest BCUT2D eigenvalue weighted by molar-refractivity contribution is 0.102. The molecule has 6 heteroatoms. The van der Waals surface area contributed by atoms with Crippen molar-refractivity contribution in [2.75, 3.05) is 10.6 Å². The maximum Gasteiger partial charge on any atom is 0.274 e. The summed E-state index contributed by atoms with van der Waals surface area (Å²) < 4.78 is 0. The number of aromatic nitrogens is 2. The van der Waals surface area contributed by atoms with Crippen LogP contribution < -0.4 is 10.6 Å². The molecule has 0 atom stereocenters. The Morgan fingerprint density at radius 1 is 1.00 bits per heavy atom. The molecule has 126 valence electrons. The van der Waals surface area contributed by atoms with Crippen LogP contribution in [0, 0.1) is 13.8 Å². The fourth-order valence-corrected chi connectivity index (χ4v) is 2.45. The van der Waals surface area contributed by atoms with Crippen molar-refractivity contribution in [2.45, 2.75) is 13.8 Å². The first-order valence-corrected chi connectivity index (χ1v) is 8.13. The van der Waals surface area contributed by atoms with Gasteiger partial charge < -0.3 is 10.6 Å². The van der Waals surface area contributed by atoms with Crippen molar-refractivity contribution in [1.29, 1.82) is 0 Å². The van der Waals surface area contributed by atoms with Gasteiger partial charge in [-0.2, -0.15) is 0 Å². The molecule has 0 aliphatic carbocycles. The Kier molecular flexibility index (Phi) is 4.95. The minimum Gasteiger partial charge on any atom is -0.339 e. The second-order valence-corrected chi connectivity index (χ2v) is 6.05. The van der Waals surface area contributed by atoms with Crippen molar-refractivity contribution in [1.82, 2.24) is 9.97 Å². The zero-order valence-electron chi connectivity index (χ0n) is 13.9. The van der Waals surface area contributed by atoms with Crippen molar-refractivity contribution in [3.63, 3.8) is 0 Å². The number of carbonyl (C=O) groups is 1. The monoisotopic (exact) mass is 352 g/mol. The number of para-hydroxylation sites is 1. The molecule has 0 saturated carbocycles. The smallest absolute Gasteiger partial charge is 0.274 e. The van der Waals surface area contributed by atoms with E-state index in [2.05, 4.69) is 20.6 Å². The van der Waals surface area contributed by atoms with Crippen molar-refractivity contribution in [2.24, 2.45) is 0 Å². The number of nitrogens with zero attached hydrogens (tertiary/aromatic N) is 2. The topological polar surface area (TPSA) is 66.9 Å². The predicted molar refractivity (Wildman–Crippen MR) is 101 cm³/mol. The Morgan fingerprint density at radius 2 is 1.80 bits per heavy atom. The zero-order valence-corrected chi connectivity index (χ0v) is 14.6. The van der Waals surface area contributed by atoms with Crippen LogP contribution in [-0.2, 0) is 0 Å². The van der Waals surface area contributed by atoms with E-state index in [9.17, 15) is 4.79 Å². The summed E-state index contributed by atoms with van der Waals surface area (Å²) in [5, 5.41) is 6.50. The molecular formula is C19H17ClN4O. The molecule has 0 unspecified atom stereocenters. The van der Waals surface area contributed by atoms with Crippen LogP contribution >= 0.6 is 11.6 Å². The highest BCUT2D eigenvalue weighted by molar-refractivity contribution is 6.33. The van der Waals surface area contributed by atoms with Gasteiger partial charge in [0.25, 0.3) is 5.91 Å². The Morgan fingerprint density at radius 3 is 2.56 bits per heavy atom. The van der Waals surface area contributed by atoms with Crippen molar-refractivity contribution < 1.29 is 4.79 Å². The molecular weight excluding hydrogens is 336 g/mol. The fourth-order valence-electron chi connectivity index (χ4n) is 2.26. The molecule has 0 aliphatic rings. The van der Waals surface area contributed by atoms with Crippen LogP contribution in [0.2, 0.25) is 5.02 Å². The predicted octanol–water partition coefficient (Wildman–Crippen LogP) is 4.74. The van der Waals surface area contributed by atoms with Gasteiger partial charge in [0.05, 0.1) is 10.7 Å². The summed E-state index contributed by atoms with van der Waals surface area (Å²) >= 11 is 6.13. The highest BCUT2D eigenvalue weighted by Crippen LogP contribution is 2.24. The fraction of sp³-hybridized carbons (Fsp3) is 0.105. The molecule has 2 aromatic carbocycles. The van der Waals surface area contributed by atoms with Gasteiger partial charge in [-0.1, -0.05) is 29.8 Å². The van der Waals surface area contributed by atoms with E-state index in [1.165, 1.54) is 11.9 Å². The van der Waals surface area contributed by atoms with Crippen molar-refractivity contribution >= 4 is 34.7 Å². The molecule has 3 aromatic rings. The Balaban J connectivity index is 1.77. The number of nitrogens with one attached hydrogen (secondary N) is 2. The number of hydrogen-bond acceptors (Lipinski definition) is 4. The van der Waals surface area contributed by atoms with Crippen LogP contribution in [0.1, 0.15) is 21.6 Å². The summed E-state index contributed by atoms with van der Waals surface area (Å²) in [6.45, 7) is 4.03. The molecule has 3 rings (SSSR count). The number of benzene rings is 2. The molecule has 1 aromatic heterocycles. The normalized spacial score (nSPS) is 10.4. The minimum absolute atomic E-state index is 0.266. The molecule has 1 amide bonds. The molecule has 0 radical (unpaired) electrons. The van der Waals surface area contributed by atoms with Gasteiger partial charge in [-0.25, -0.2) is 9.97 Å². The van der Waals surface area contributed by atoms with Gasteiger partial charge in [-0.3, -0.25) is 4.79 Å². The second-order valence-electron chi connectivity index (χ2n) is 5.65. The summed E-state index contributed by atoms with van der Waals surface area (Å²) in [7, 11) is 0. The number of anilines is 3. The first kappa shape index (κ1) is 16.9. The van der Waals surface area contributed by atoms with Gasteiger partial charge in [0.1, 0.15) is 17.8 Å². The van der Waals surface area contributed by atoms with E-state index < -0.39 is 0 Å². The first-order valence-electron chi connectivity index (χ1n) is 7.75. The Bertz CT molecular complexity index is 927. The van der Waals surface area contributed by atoms with Crippen LogP contribution in [0.5, 0.6) is 0 Å². The van der Waals surface area contributed by atoms with Gasteiger partial charge >= 0.3 is 0 Å². The van der Waals surface area contributed by atoms with E-state index in [4.69, 9.17) is 11.6 Å². The number of halogens is 1. The minimum atomic E-state index is -0.298. The third-order valence-electron chi connectivity index (χ3n) is 3.80. The molecule has 1 heterocycles. The van der Waals surface area contributed by atoms with E-state index in [-0.39, 0.29) is 11.6 Å². The summed E-state index contributed by atoms with van der Waals surface area (Å²) in [5.41, 5.74) is 3.99. The molecule has 0 fully saturated rings. The van der Waals surface area contributed by atoms with Gasteiger partial charge in [0.15, 0.2) is 0 Å². The average Bonchev–Trinajstić information content (AvgIpc) is 2.60. The highest BCUT2D eigenvalue weighted by Gasteiger charge is 2.10. The molecule has 25 heavy (non-hydrogen) atoms. The molecule has 2 N–H and O–H groups in total. The Labute approximate surface area is 151 Å². The van der Waals surface area contributed by atoms with Gasteiger partial charge in [-0.05, 0) is 49.2 Å². The summed E-state index contributed by atoms with van der Waals surface area (Å²) in [5.74, 6) is 0.196. The van der Waals surface area contributed by atoms with E-state index >= 15 is 0 Å². The number of hydrogen-bond donors (Lipinski definition) is 2. The van der Waals surface area contributed by atoms with E-state index in [1.807, 2.05) is 50.2 Å². The molecule has 0 saturated heterocycles. The van der Waals surface area contributed by atoms with Crippen LogP contribution in [0.15, 0.2) is 54.9 Å². The Hall–Kier alpha value is -2.92. The molecule has 0 bridgehead atoms. The van der Waals surface area contributed by atoms with Gasteiger partial charge in [0, 0.05) is 11.8 Å². The second kappa shape index (κ2) is 7.32. The highest BCUT2D eigenvalue weighted by atomic mass is 35.5. The van der Waals surface area contributed by atoms with Crippen LogP contribution in [0.25, 0.3) is 0 Å². The van der Waals surface area contributed by atoms with Crippen molar-refractivity contribution in [3.05, 3.63) is 76.7 Å². The molecule has 5 nitrogen and oxygen atoms in total. The third-order valence-corrected chi connectivity index (χ3v) is 4.13. The summed E-state index contributed by atoms with van der Waals surface area (Å²) in [4.78, 5) is 20.6. The molecule has 0 aliphatic heterocycles. The molecule has 0 spiro atoms. The lowest BCUT2D eigenvalue weighted by atomic mass is 10.1. The lowest BCUT2D eigenvalue weighted by Crippen LogP contribution is -2.14. The van der Waals surface area contributed by atoms with E-state index in [0.717, 1.165) is 11.3 Å². The van der Waals surface area contributed by atoms with Gasteiger partial charge in [0.2, 0.25) is 0 Å². The van der Waals surface area contributed by atoms with Gasteiger partial charge in [-0.15, -0.1) is 0 Å². The zero-order chi connectivity index (χ0) is 17.8. The largest absolute Gasteiger partial charge is 0.339 e. The average molecular weight is 353 g/mol. The summed E-state index contributed by atoms with van der Waals surface area (Å²) in [6.07, 6.45) is 1.34. The number of amides is 1. The standard InChI is InChI=1S/C19H17ClN4O/c1-12-7-8-14(9-13(12)2)23-19(25)17-10-18(22-11-21-17)24-16-6-4-3-5-15(16)20/h3-11H,1-2H3,(H,23,25)(H,21,22,24). The van der Waals surface area contributed by atoms with Crippen molar-refractivity contribution in [3.8, 4) is 0 Å². The van der Waals surface area contributed by atoms with E-state index in [1.54, 1.807) is 12.1 Å². The van der Waals surface area contributed by atoms with E-state index in [0.29, 0.717) is 16.5 Å². The summed E-state index contributed by atoms with van der Waals surface area (Å²) in [6, 6.07) is 14.7. The van der Waals surface area contributed by atoms with Crippen LogP contribution in [0.4, 0.5) is 17.2 Å². The van der Waals surface area contributed by atoms with Crippen LogP contribution in [-0.4, -0.2) is 15.9 Å². The maximum absolute atomic E-state index is 12.4. The lowest BCUT2D eigenvalue weighted by Gasteiger charge is -2.09.